The fourth-order valence-corrected chi connectivity index (χ4v) is 1.66. The van der Waals surface area contributed by atoms with E-state index in [1.54, 1.807) is 38.3 Å². The molecule has 1 aromatic rings. The van der Waals surface area contributed by atoms with E-state index in [4.69, 9.17) is 9.47 Å². The molecule has 5 heteroatoms. The maximum Gasteiger partial charge on any atom is 0.260 e. The van der Waals surface area contributed by atoms with Crippen LogP contribution in [-0.4, -0.2) is 51.2 Å². The molecule has 1 rings (SSSR count). The Kier molecular flexibility index (Phi) is 6.87. The Morgan fingerprint density at radius 3 is 2.40 bits per heavy atom. The van der Waals surface area contributed by atoms with Gasteiger partial charge < -0.3 is 19.7 Å². The molecular formula is C15H24N2O3. The Bertz CT molecular complexity index is 404. The molecule has 112 valence electrons. The van der Waals surface area contributed by atoms with Gasteiger partial charge in [0.2, 0.25) is 0 Å². The predicted molar refractivity (Wildman–Crippen MR) is 79.3 cm³/mol. The van der Waals surface area contributed by atoms with E-state index in [1.165, 1.54) is 0 Å². The molecule has 1 N–H and O–H groups in total. The summed E-state index contributed by atoms with van der Waals surface area (Å²) in [6.07, 6.45) is 0.413. The third kappa shape index (κ3) is 5.93. The zero-order chi connectivity index (χ0) is 15.0. The summed E-state index contributed by atoms with van der Waals surface area (Å²) in [5.41, 5.74) is 0. The number of nitrogens with one attached hydrogen (secondary N) is 1. The topological polar surface area (TPSA) is 50.8 Å². The zero-order valence-corrected chi connectivity index (χ0v) is 12.7. The van der Waals surface area contributed by atoms with Crippen LogP contribution in [0.25, 0.3) is 0 Å². The number of nitrogens with zero attached hydrogens (tertiary/aromatic N) is 1. The number of carbonyl (C=O) groups is 1. The van der Waals surface area contributed by atoms with Crippen LogP contribution in [0.3, 0.4) is 0 Å². The lowest BCUT2D eigenvalue weighted by Gasteiger charge is -2.15. The summed E-state index contributed by atoms with van der Waals surface area (Å²) in [5, 5.41) is 2.87. The number of rotatable bonds is 8. The van der Waals surface area contributed by atoms with E-state index in [9.17, 15) is 4.79 Å². The van der Waals surface area contributed by atoms with E-state index >= 15 is 0 Å². The highest BCUT2D eigenvalue weighted by molar-refractivity contribution is 5.80. The SMILES string of the molecule is COc1ccc(OC(C)C(=O)NCCCN(C)C)cc1. The maximum atomic E-state index is 11.8. The molecule has 0 heterocycles. The number of amides is 1. The van der Waals surface area contributed by atoms with E-state index in [2.05, 4.69) is 10.2 Å². The van der Waals surface area contributed by atoms with Crippen LogP contribution in [0.2, 0.25) is 0 Å². The first-order valence-corrected chi connectivity index (χ1v) is 6.76. The van der Waals surface area contributed by atoms with Gasteiger partial charge in [0, 0.05) is 6.54 Å². The molecule has 0 saturated carbocycles. The molecule has 0 aliphatic rings. The van der Waals surface area contributed by atoms with Gasteiger partial charge in [0.1, 0.15) is 11.5 Å². The van der Waals surface area contributed by atoms with E-state index in [1.807, 2.05) is 14.1 Å². The molecule has 20 heavy (non-hydrogen) atoms. The molecule has 0 fully saturated rings. The first-order valence-electron chi connectivity index (χ1n) is 6.76. The van der Waals surface area contributed by atoms with E-state index in [0.717, 1.165) is 18.7 Å². The Hall–Kier alpha value is -1.75. The number of hydrogen-bond donors (Lipinski definition) is 1. The Labute approximate surface area is 120 Å². The lowest BCUT2D eigenvalue weighted by atomic mass is 10.3. The number of ether oxygens (including phenoxy) is 2. The second-order valence-corrected chi connectivity index (χ2v) is 4.88. The van der Waals surface area contributed by atoms with Crippen molar-refractivity contribution in [1.29, 1.82) is 0 Å². The first-order chi connectivity index (χ1) is 9.52. The summed E-state index contributed by atoms with van der Waals surface area (Å²) in [4.78, 5) is 13.9. The van der Waals surface area contributed by atoms with Crippen molar-refractivity contribution in [3.05, 3.63) is 24.3 Å². The van der Waals surface area contributed by atoms with Gasteiger partial charge >= 0.3 is 0 Å². The molecule has 0 spiro atoms. The maximum absolute atomic E-state index is 11.8. The van der Waals surface area contributed by atoms with Gasteiger partial charge in [0.25, 0.3) is 5.91 Å². The molecule has 0 saturated heterocycles. The molecule has 1 unspecified atom stereocenters. The van der Waals surface area contributed by atoms with Gasteiger partial charge in [-0.05, 0) is 58.3 Å². The number of carbonyl (C=O) groups excluding carboxylic acids is 1. The largest absolute Gasteiger partial charge is 0.497 e. The van der Waals surface area contributed by atoms with Crippen molar-refractivity contribution in [1.82, 2.24) is 10.2 Å². The van der Waals surface area contributed by atoms with Gasteiger partial charge in [-0.3, -0.25) is 4.79 Å². The molecule has 0 bridgehead atoms. The van der Waals surface area contributed by atoms with Crippen molar-refractivity contribution in [3.63, 3.8) is 0 Å². The van der Waals surface area contributed by atoms with E-state index in [-0.39, 0.29) is 5.91 Å². The fourth-order valence-electron chi connectivity index (χ4n) is 1.66. The monoisotopic (exact) mass is 280 g/mol. The van der Waals surface area contributed by atoms with Crippen LogP contribution in [-0.2, 0) is 4.79 Å². The zero-order valence-electron chi connectivity index (χ0n) is 12.7. The van der Waals surface area contributed by atoms with Crippen molar-refractivity contribution < 1.29 is 14.3 Å². The minimum atomic E-state index is -0.511. The van der Waals surface area contributed by atoms with E-state index in [0.29, 0.717) is 12.3 Å². The number of methoxy groups -OCH3 is 1. The second kappa shape index (κ2) is 8.43. The quantitative estimate of drug-likeness (QED) is 0.734. The molecule has 0 radical (unpaired) electrons. The van der Waals surface area contributed by atoms with Crippen LogP contribution in [0.15, 0.2) is 24.3 Å². The van der Waals surface area contributed by atoms with Crippen molar-refractivity contribution in [2.24, 2.45) is 0 Å². The van der Waals surface area contributed by atoms with Gasteiger partial charge in [0.05, 0.1) is 7.11 Å². The molecule has 0 aliphatic heterocycles. The number of benzene rings is 1. The standard InChI is InChI=1S/C15H24N2O3/c1-12(15(18)16-10-5-11-17(2)3)20-14-8-6-13(19-4)7-9-14/h6-9,12H,5,10-11H2,1-4H3,(H,16,18). The van der Waals surface area contributed by atoms with Crippen molar-refractivity contribution >= 4 is 5.91 Å². The Balaban J connectivity index is 2.33. The molecule has 1 aromatic carbocycles. The van der Waals surface area contributed by atoms with Crippen LogP contribution < -0.4 is 14.8 Å². The van der Waals surface area contributed by atoms with Gasteiger partial charge in [-0.1, -0.05) is 0 Å². The molecule has 1 atom stereocenters. The van der Waals surface area contributed by atoms with Crippen molar-refractivity contribution in [3.8, 4) is 11.5 Å². The molecule has 0 aromatic heterocycles. The summed E-state index contributed by atoms with van der Waals surface area (Å²) >= 11 is 0. The lowest BCUT2D eigenvalue weighted by Crippen LogP contribution is -2.37. The average Bonchev–Trinajstić information content (AvgIpc) is 2.44. The Morgan fingerprint density at radius 2 is 1.85 bits per heavy atom. The second-order valence-electron chi connectivity index (χ2n) is 4.88. The molecule has 0 aliphatic carbocycles. The van der Waals surface area contributed by atoms with Crippen molar-refractivity contribution in [2.75, 3.05) is 34.3 Å². The average molecular weight is 280 g/mol. The molecule has 1 amide bonds. The van der Waals surface area contributed by atoms with Crippen LogP contribution in [0.5, 0.6) is 11.5 Å². The third-order valence-corrected chi connectivity index (χ3v) is 2.82. The molecular weight excluding hydrogens is 256 g/mol. The summed E-state index contributed by atoms with van der Waals surface area (Å²) in [5.74, 6) is 1.32. The minimum absolute atomic E-state index is 0.0976. The van der Waals surface area contributed by atoms with Gasteiger partial charge in [0.15, 0.2) is 6.10 Å². The highest BCUT2D eigenvalue weighted by Gasteiger charge is 2.13. The fraction of sp³-hybridized carbons (Fsp3) is 0.533. The van der Waals surface area contributed by atoms with Crippen molar-refractivity contribution in [2.45, 2.75) is 19.4 Å². The summed E-state index contributed by atoms with van der Waals surface area (Å²) in [6, 6.07) is 7.18. The molecule has 5 nitrogen and oxygen atoms in total. The van der Waals surface area contributed by atoms with Crippen LogP contribution in [0, 0.1) is 0 Å². The van der Waals surface area contributed by atoms with Gasteiger partial charge in [-0.15, -0.1) is 0 Å². The van der Waals surface area contributed by atoms with E-state index < -0.39 is 6.10 Å². The van der Waals surface area contributed by atoms with Crippen LogP contribution in [0.1, 0.15) is 13.3 Å². The highest BCUT2D eigenvalue weighted by Crippen LogP contribution is 2.18. The summed E-state index contributed by atoms with van der Waals surface area (Å²) < 4.78 is 10.6. The van der Waals surface area contributed by atoms with Crippen LogP contribution in [0.4, 0.5) is 0 Å². The lowest BCUT2D eigenvalue weighted by molar-refractivity contribution is -0.127. The predicted octanol–water partition coefficient (Wildman–Crippen LogP) is 1.53. The number of hydrogen-bond acceptors (Lipinski definition) is 4. The summed E-state index contributed by atoms with van der Waals surface area (Å²) in [7, 11) is 5.63. The minimum Gasteiger partial charge on any atom is -0.497 e. The third-order valence-electron chi connectivity index (χ3n) is 2.82. The Morgan fingerprint density at radius 1 is 1.25 bits per heavy atom. The van der Waals surface area contributed by atoms with Gasteiger partial charge in [-0.2, -0.15) is 0 Å². The first kappa shape index (κ1) is 16.3. The summed E-state index contributed by atoms with van der Waals surface area (Å²) in [6.45, 7) is 3.35. The normalized spacial score (nSPS) is 12.1. The highest BCUT2D eigenvalue weighted by atomic mass is 16.5. The van der Waals surface area contributed by atoms with Crippen LogP contribution >= 0.6 is 0 Å². The smallest absolute Gasteiger partial charge is 0.260 e. The van der Waals surface area contributed by atoms with Gasteiger partial charge in [-0.25, -0.2) is 0 Å².